The monoisotopic (exact) mass is 454 g/mol. The molecule has 0 amide bonds. The molecule has 0 atom stereocenters. The lowest BCUT2D eigenvalue weighted by Gasteiger charge is -2.05. The number of aromatic nitrogens is 2. The van der Waals surface area contributed by atoms with Crippen molar-refractivity contribution in [2.45, 2.75) is 6.54 Å². The van der Waals surface area contributed by atoms with Gasteiger partial charge >= 0.3 is 0 Å². The normalized spacial score (nSPS) is 10.7. The zero-order valence-electron chi connectivity index (χ0n) is 16.2. The minimum Gasteiger partial charge on any atom is -1.00 e. The van der Waals surface area contributed by atoms with Gasteiger partial charge in [-0.05, 0) is 29.3 Å². The van der Waals surface area contributed by atoms with Crippen molar-refractivity contribution in [2.75, 3.05) is 0 Å². The van der Waals surface area contributed by atoms with E-state index in [0.29, 0.717) is 5.56 Å². The number of carbonyl (C=O) groups is 1. The number of benzene rings is 3. The highest BCUT2D eigenvalue weighted by Gasteiger charge is 2.18. The maximum absolute atomic E-state index is 13.0. The largest absolute Gasteiger partial charge is 1.00 e. The predicted octanol–water partition coefficient (Wildman–Crippen LogP) is 2.23. The summed E-state index contributed by atoms with van der Waals surface area (Å²) in [5.41, 5.74) is 4.86. The number of Topliss-reactive ketones (excluding diaryl/α,β-unsaturated/α-hetero) is 1. The Labute approximate surface area is 185 Å². The van der Waals surface area contributed by atoms with E-state index in [-0.39, 0.29) is 29.3 Å². The van der Waals surface area contributed by atoms with Crippen molar-refractivity contribution >= 4 is 27.6 Å². The molecule has 5 rings (SSSR count). The van der Waals surface area contributed by atoms with E-state index in [1.165, 1.54) is 0 Å². The molecule has 4 heteroatoms. The Bertz CT molecular complexity index is 1330. The van der Waals surface area contributed by atoms with Crippen molar-refractivity contribution in [3.05, 3.63) is 109 Å². The fraction of sp³-hybridized carbons (Fsp3) is 0.0385. The number of hydrogen-bond acceptors (Lipinski definition) is 2. The minimum absolute atomic E-state index is 0. The van der Waals surface area contributed by atoms with Gasteiger partial charge in [-0.25, -0.2) is 4.98 Å². The summed E-state index contributed by atoms with van der Waals surface area (Å²) in [4.78, 5) is 17.6. The van der Waals surface area contributed by atoms with Crippen LogP contribution in [-0.4, -0.2) is 10.8 Å². The molecule has 2 heterocycles. The van der Waals surface area contributed by atoms with Crippen molar-refractivity contribution in [3.63, 3.8) is 0 Å². The summed E-state index contributed by atoms with van der Waals surface area (Å²) in [7, 11) is 0. The van der Waals surface area contributed by atoms with Crippen molar-refractivity contribution in [1.82, 2.24) is 4.98 Å². The third-order valence-electron chi connectivity index (χ3n) is 5.24. The molecule has 2 aromatic heterocycles. The van der Waals surface area contributed by atoms with E-state index in [4.69, 9.17) is 0 Å². The number of carbonyl (C=O) groups excluding carboxylic acids is 1. The lowest BCUT2D eigenvalue weighted by molar-refractivity contribution is -0.656. The summed E-state index contributed by atoms with van der Waals surface area (Å²) in [6.07, 6.45) is 3.75. The summed E-state index contributed by atoms with van der Waals surface area (Å²) in [6, 6.07) is 30.2. The van der Waals surface area contributed by atoms with E-state index in [2.05, 4.69) is 35.3 Å². The summed E-state index contributed by atoms with van der Waals surface area (Å²) < 4.78 is 2.00. The molecule has 5 aromatic rings. The van der Waals surface area contributed by atoms with E-state index < -0.39 is 0 Å². The number of halogens is 1. The summed E-state index contributed by atoms with van der Waals surface area (Å²) in [5.74, 6) is 0.0787. The van der Waals surface area contributed by atoms with E-state index in [0.717, 1.165) is 32.9 Å². The maximum Gasteiger partial charge on any atom is 0.239 e. The van der Waals surface area contributed by atoms with E-state index in [1.807, 2.05) is 71.4 Å². The zero-order valence-corrected chi connectivity index (χ0v) is 17.8. The van der Waals surface area contributed by atoms with Gasteiger partial charge in [0, 0.05) is 28.6 Å². The molecule has 0 radical (unpaired) electrons. The Morgan fingerprint density at radius 3 is 2.23 bits per heavy atom. The van der Waals surface area contributed by atoms with Gasteiger partial charge in [-0.1, -0.05) is 66.7 Å². The number of fused-ring (bicyclic) bond motifs is 3. The lowest BCUT2D eigenvalue weighted by Crippen LogP contribution is -3.00. The number of nitrogens with zero attached hydrogens (tertiary/aromatic N) is 2. The Balaban J connectivity index is 0.00000218. The van der Waals surface area contributed by atoms with Crippen LogP contribution in [0.1, 0.15) is 10.4 Å². The molecule has 0 saturated heterocycles. The van der Waals surface area contributed by atoms with Gasteiger partial charge in [0.05, 0.1) is 0 Å². The van der Waals surface area contributed by atoms with Crippen LogP contribution in [0.25, 0.3) is 32.9 Å². The molecule has 3 nitrogen and oxygen atoms in total. The summed E-state index contributed by atoms with van der Waals surface area (Å²) >= 11 is 0. The molecule has 0 aliphatic heterocycles. The molecule has 146 valence electrons. The molecule has 0 bridgehead atoms. The summed E-state index contributed by atoms with van der Waals surface area (Å²) in [6.45, 7) is 0.276. The summed E-state index contributed by atoms with van der Waals surface area (Å²) in [5, 5.41) is 2.14. The molecular formula is C26H19BrN2O. The standard InChI is InChI=1S/C26H19N2O.BrH/c29-24(21-12-10-20(11-13-21)19-6-2-1-3-7-19)18-28-17-5-9-23-15-14-22-8-4-16-27-25(22)26(23)28;/h1-17H,18H2;1H/q+1;/p-1. The highest BCUT2D eigenvalue weighted by atomic mass is 79.9. The number of rotatable bonds is 4. The van der Waals surface area contributed by atoms with Crippen molar-refractivity contribution in [3.8, 4) is 11.1 Å². The molecular weight excluding hydrogens is 436 g/mol. The van der Waals surface area contributed by atoms with Crippen LogP contribution in [0.4, 0.5) is 0 Å². The number of hydrogen-bond donors (Lipinski definition) is 0. The average molecular weight is 455 g/mol. The molecule has 0 fully saturated rings. The molecule has 30 heavy (non-hydrogen) atoms. The van der Waals surface area contributed by atoms with Gasteiger partial charge in [0.1, 0.15) is 5.52 Å². The van der Waals surface area contributed by atoms with Crippen LogP contribution in [0.3, 0.4) is 0 Å². The van der Waals surface area contributed by atoms with Gasteiger partial charge in [-0.3, -0.25) is 4.79 Å². The molecule has 0 unspecified atom stereocenters. The Hall–Kier alpha value is -3.37. The van der Waals surface area contributed by atoms with Crippen LogP contribution in [0.5, 0.6) is 0 Å². The van der Waals surface area contributed by atoms with Crippen LogP contribution < -0.4 is 21.5 Å². The second-order valence-corrected chi connectivity index (χ2v) is 7.08. The smallest absolute Gasteiger partial charge is 0.239 e. The first-order valence-corrected chi connectivity index (χ1v) is 9.64. The van der Waals surface area contributed by atoms with Gasteiger partial charge in [0.25, 0.3) is 0 Å². The number of ketones is 1. The first-order valence-electron chi connectivity index (χ1n) is 9.64. The average Bonchev–Trinajstić information content (AvgIpc) is 2.79. The first kappa shape index (κ1) is 19.9. The topological polar surface area (TPSA) is 33.8 Å². The van der Waals surface area contributed by atoms with Crippen LogP contribution in [0.15, 0.2) is 103 Å². The Morgan fingerprint density at radius 2 is 1.43 bits per heavy atom. The second-order valence-electron chi connectivity index (χ2n) is 7.08. The molecule has 3 aromatic carbocycles. The van der Waals surface area contributed by atoms with Gasteiger partial charge in [-0.2, -0.15) is 4.57 Å². The Morgan fingerprint density at radius 1 is 0.733 bits per heavy atom. The lowest BCUT2D eigenvalue weighted by atomic mass is 10.0. The van der Waals surface area contributed by atoms with Crippen molar-refractivity contribution < 1.29 is 26.3 Å². The quantitative estimate of drug-likeness (QED) is 0.237. The third-order valence-corrected chi connectivity index (χ3v) is 5.24. The van der Waals surface area contributed by atoms with Crippen LogP contribution in [0, 0.1) is 0 Å². The second kappa shape index (κ2) is 8.56. The molecule has 0 saturated carbocycles. The van der Waals surface area contributed by atoms with Crippen molar-refractivity contribution in [1.29, 1.82) is 0 Å². The van der Waals surface area contributed by atoms with Gasteiger partial charge in [0.2, 0.25) is 17.8 Å². The van der Waals surface area contributed by atoms with E-state index in [9.17, 15) is 4.79 Å². The van der Waals surface area contributed by atoms with Gasteiger partial charge < -0.3 is 17.0 Å². The SMILES string of the molecule is O=C(C[n+]1cccc2ccc3cccnc3c21)c1ccc(-c2ccccc2)cc1.[Br-]. The molecule has 0 spiro atoms. The number of pyridine rings is 2. The Kier molecular flexibility index (Phi) is 5.68. The highest BCUT2D eigenvalue weighted by Crippen LogP contribution is 2.21. The fourth-order valence-corrected chi connectivity index (χ4v) is 3.76. The van der Waals surface area contributed by atoms with Crippen molar-refractivity contribution in [2.24, 2.45) is 0 Å². The molecule has 0 aliphatic carbocycles. The third kappa shape index (κ3) is 3.74. The van der Waals surface area contributed by atoms with Crippen LogP contribution >= 0.6 is 0 Å². The highest BCUT2D eigenvalue weighted by molar-refractivity contribution is 6.01. The maximum atomic E-state index is 13.0. The molecule has 0 aliphatic rings. The van der Waals surface area contributed by atoms with Gasteiger partial charge in [0.15, 0.2) is 6.20 Å². The first-order chi connectivity index (χ1) is 14.3. The van der Waals surface area contributed by atoms with E-state index in [1.54, 1.807) is 6.20 Å². The predicted molar refractivity (Wildman–Crippen MR) is 116 cm³/mol. The van der Waals surface area contributed by atoms with Crippen LogP contribution in [-0.2, 0) is 6.54 Å². The fourth-order valence-electron chi connectivity index (χ4n) is 3.76. The minimum atomic E-state index is 0. The van der Waals surface area contributed by atoms with E-state index >= 15 is 0 Å². The van der Waals surface area contributed by atoms with Gasteiger partial charge in [-0.15, -0.1) is 0 Å². The molecule has 0 N–H and O–H groups in total. The van der Waals surface area contributed by atoms with Crippen LogP contribution in [0.2, 0.25) is 0 Å². The zero-order chi connectivity index (χ0) is 19.6.